The molecule has 0 atom stereocenters. The minimum absolute atomic E-state index is 0.128. The van der Waals surface area contributed by atoms with Crippen LogP contribution in [0.25, 0.3) is 0 Å². The number of amides is 1. The normalized spacial score (nSPS) is 9.85. The number of nitrogen functional groups attached to an aromatic ring is 1. The highest BCUT2D eigenvalue weighted by Gasteiger charge is 2.11. The Morgan fingerprint density at radius 2 is 2.40 bits per heavy atom. The lowest BCUT2D eigenvalue weighted by atomic mass is 10.2. The van der Waals surface area contributed by atoms with Crippen molar-refractivity contribution in [3.8, 4) is 11.8 Å². The maximum atomic E-state index is 11.3. The number of hydrazine groups is 1. The molecule has 0 fully saturated rings. The van der Waals surface area contributed by atoms with Gasteiger partial charge in [0.2, 0.25) is 0 Å². The van der Waals surface area contributed by atoms with Crippen LogP contribution in [0.2, 0.25) is 5.02 Å². The number of nitrogens with two attached hydrogens (primary N) is 1. The molecule has 1 amide bonds. The number of nitrogens with zero attached hydrogens (tertiary/aromatic N) is 2. The molecule has 0 spiro atoms. The molecule has 8 heteroatoms. The fourth-order valence-corrected chi connectivity index (χ4v) is 2.34. The monoisotopic (exact) mass is 308 g/mol. The molecular formula is C12H9ClN4O2S. The zero-order valence-electron chi connectivity index (χ0n) is 10.1. The highest BCUT2D eigenvalue weighted by Crippen LogP contribution is 2.26. The van der Waals surface area contributed by atoms with Crippen molar-refractivity contribution in [3.63, 3.8) is 0 Å². The van der Waals surface area contributed by atoms with Crippen LogP contribution < -0.4 is 16.0 Å². The van der Waals surface area contributed by atoms with Gasteiger partial charge in [0.1, 0.15) is 24.0 Å². The van der Waals surface area contributed by atoms with Crippen molar-refractivity contribution in [3.05, 3.63) is 44.9 Å². The van der Waals surface area contributed by atoms with Crippen molar-refractivity contribution in [2.45, 2.75) is 6.61 Å². The van der Waals surface area contributed by atoms with Gasteiger partial charge in [-0.25, -0.2) is 10.8 Å². The lowest BCUT2D eigenvalue weighted by Gasteiger charge is -2.06. The van der Waals surface area contributed by atoms with E-state index in [0.29, 0.717) is 16.5 Å². The molecule has 6 nitrogen and oxygen atoms in total. The average molecular weight is 309 g/mol. The topological polar surface area (TPSA) is 101 Å². The van der Waals surface area contributed by atoms with E-state index in [-0.39, 0.29) is 17.2 Å². The maximum Gasteiger partial charge on any atom is 0.294 e. The summed E-state index contributed by atoms with van der Waals surface area (Å²) in [7, 11) is 0. The van der Waals surface area contributed by atoms with Gasteiger partial charge in [-0.05, 0) is 12.1 Å². The van der Waals surface area contributed by atoms with E-state index in [1.807, 2.05) is 11.5 Å². The van der Waals surface area contributed by atoms with Crippen LogP contribution in [0.1, 0.15) is 21.1 Å². The molecule has 0 aliphatic carbocycles. The smallest absolute Gasteiger partial charge is 0.294 e. The number of halogens is 1. The van der Waals surface area contributed by atoms with E-state index in [9.17, 15) is 4.79 Å². The van der Waals surface area contributed by atoms with Crippen LogP contribution in [0.4, 0.5) is 0 Å². The van der Waals surface area contributed by atoms with Gasteiger partial charge >= 0.3 is 0 Å². The third-order valence-corrected chi connectivity index (χ3v) is 3.54. The quantitative estimate of drug-likeness (QED) is 0.510. The SMILES string of the molecule is N#Cc1c(Cl)cccc1OCc1csc(C(=O)NN)n1. The number of thiazole rings is 1. The second-order valence-electron chi connectivity index (χ2n) is 3.63. The van der Waals surface area contributed by atoms with Crippen LogP contribution in [0.3, 0.4) is 0 Å². The van der Waals surface area contributed by atoms with Gasteiger partial charge in [0.25, 0.3) is 5.91 Å². The zero-order chi connectivity index (χ0) is 14.5. The highest BCUT2D eigenvalue weighted by atomic mass is 35.5. The number of rotatable bonds is 4. The molecule has 1 aromatic heterocycles. The summed E-state index contributed by atoms with van der Waals surface area (Å²) in [5, 5.41) is 11.3. The molecule has 0 bridgehead atoms. The molecular weight excluding hydrogens is 300 g/mol. The number of nitriles is 1. The Morgan fingerprint density at radius 3 is 3.10 bits per heavy atom. The van der Waals surface area contributed by atoms with Gasteiger partial charge in [0.05, 0.1) is 10.7 Å². The molecule has 1 aromatic carbocycles. The van der Waals surface area contributed by atoms with Gasteiger partial charge < -0.3 is 4.74 Å². The maximum absolute atomic E-state index is 11.3. The largest absolute Gasteiger partial charge is 0.486 e. The Kier molecular flexibility index (Phi) is 4.53. The summed E-state index contributed by atoms with van der Waals surface area (Å²) in [4.78, 5) is 15.3. The number of aromatic nitrogens is 1. The molecule has 0 saturated heterocycles. The Balaban J connectivity index is 2.10. The Hall–Kier alpha value is -2.14. The van der Waals surface area contributed by atoms with Crippen LogP contribution >= 0.6 is 22.9 Å². The average Bonchev–Trinajstić information content (AvgIpc) is 2.93. The third kappa shape index (κ3) is 3.05. The van der Waals surface area contributed by atoms with E-state index in [1.165, 1.54) is 0 Å². The van der Waals surface area contributed by atoms with Crippen LogP contribution in [0, 0.1) is 11.3 Å². The standard InChI is InChI=1S/C12H9ClN4O2S/c13-9-2-1-3-10(8(9)4-14)19-5-7-6-20-12(16-7)11(18)17-15/h1-3,6H,5,15H2,(H,17,18). The number of ether oxygens (including phenoxy) is 1. The molecule has 1 heterocycles. The van der Waals surface area contributed by atoms with E-state index in [1.54, 1.807) is 23.6 Å². The van der Waals surface area contributed by atoms with Gasteiger partial charge in [-0.3, -0.25) is 10.2 Å². The van der Waals surface area contributed by atoms with Gasteiger partial charge in [-0.1, -0.05) is 17.7 Å². The van der Waals surface area contributed by atoms with Crippen molar-refractivity contribution in [2.75, 3.05) is 0 Å². The third-order valence-electron chi connectivity index (χ3n) is 2.34. The van der Waals surface area contributed by atoms with E-state index in [0.717, 1.165) is 11.3 Å². The fourth-order valence-electron chi connectivity index (χ4n) is 1.42. The van der Waals surface area contributed by atoms with Crippen LogP contribution in [0.5, 0.6) is 5.75 Å². The number of hydrogen-bond acceptors (Lipinski definition) is 6. The van der Waals surface area contributed by atoms with Crippen molar-refractivity contribution in [2.24, 2.45) is 5.84 Å². The van der Waals surface area contributed by atoms with E-state index >= 15 is 0 Å². The number of nitrogens with one attached hydrogen (secondary N) is 1. The van der Waals surface area contributed by atoms with Gasteiger partial charge in [-0.15, -0.1) is 11.3 Å². The zero-order valence-corrected chi connectivity index (χ0v) is 11.7. The molecule has 0 unspecified atom stereocenters. The molecule has 102 valence electrons. The second-order valence-corrected chi connectivity index (χ2v) is 4.90. The molecule has 0 aliphatic rings. The van der Waals surface area contributed by atoms with E-state index in [2.05, 4.69) is 4.98 Å². The molecule has 2 aromatic rings. The summed E-state index contributed by atoms with van der Waals surface area (Å²) in [6.07, 6.45) is 0. The fraction of sp³-hybridized carbons (Fsp3) is 0.0833. The van der Waals surface area contributed by atoms with Gasteiger partial charge in [-0.2, -0.15) is 5.26 Å². The van der Waals surface area contributed by atoms with Crippen molar-refractivity contribution >= 4 is 28.8 Å². The Labute approximate surface area is 123 Å². The molecule has 3 N–H and O–H groups in total. The predicted octanol–water partition coefficient (Wildman–Crippen LogP) is 1.85. The summed E-state index contributed by atoms with van der Waals surface area (Å²) in [5.74, 6) is 4.93. The summed E-state index contributed by atoms with van der Waals surface area (Å²) in [6.45, 7) is 0.128. The minimum Gasteiger partial charge on any atom is -0.486 e. The van der Waals surface area contributed by atoms with Gasteiger partial charge in [0.15, 0.2) is 5.01 Å². The first-order valence-corrected chi connectivity index (χ1v) is 6.68. The number of benzene rings is 1. The minimum atomic E-state index is -0.457. The van der Waals surface area contributed by atoms with Crippen molar-refractivity contribution in [1.29, 1.82) is 5.26 Å². The lowest BCUT2D eigenvalue weighted by molar-refractivity contribution is 0.0953. The summed E-state index contributed by atoms with van der Waals surface area (Å²) >= 11 is 7.05. The number of hydrogen-bond donors (Lipinski definition) is 2. The van der Waals surface area contributed by atoms with Crippen molar-refractivity contribution < 1.29 is 9.53 Å². The van der Waals surface area contributed by atoms with Crippen LogP contribution in [-0.2, 0) is 6.61 Å². The van der Waals surface area contributed by atoms with Crippen molar-refractivity contribution in [1.82, 2.24) is 10.4 Å². The summed E-state index contributed by atoms with van der Waals surface area (Å²) < 4.78 is 5.50. The molecule has 2 rings (SSSR count). The van der Waals surface area contributed by atoms with E-state index < -0.39 is 5.91 Å². The molecule has 0 radical (unpaired) electrons. The number of carbonyl (C=O) groups excluding carboxylic acids is 1. The van der Waals surface area contributed by atoms with Crippen LogP contribution in [-0.4, -0.2) is 10.9 Å². The van der Waals surface area contributed by atoms with Gasteiger partial charge in [0, 0.05) is 5.38 Å². The Bertz CT molecular complexity index is 680. The first kappa shape index (κ1) is 14.3. The molecule has 20 heavy (non-hydrogen) atoms. The first-order valence-electron chi connectivity index (χ1n) is 5.42. The molecule has 0 aliphatic heterocycles. The lowest BCUT2D eigenvalue weighted by Crippen LogP contribution is -2.29. The van der Waals surface area contributed by atoms with E-state index in [4.69, 9.17) is 27.4 Å². The summed E-state index contributed by atoms with van der Waals surface area (Å²) in [5.41, 5.74) is 2.84. The van der Waals surface area contributed by atoms with Crippen LogP contribution in [0.15, 0.2) is 23.6 Å². The molecule has 0 saturated carbocycles. The Morgan fingerprint density at radius 1 is 1.60 bits per heavy atom. The first-order chi connectivity index (χ1) is 9.65. The number of carbonyl (C=O) groups is 1. The highest BCUT2D eigenvalue weighted by molar-refractivity contribution is 7.11. The second kappa shape index (κ2) is 6.34. The predicted molar refractivity (Wildman–Crippen MR) is 74.3 cm³/mol. The summed E-state index contributed by atoms with van der Waals surface area (Å²) in [6, 6.07) is 6.92.